The van der Waals surface area contributed by atoms with Crippen LogP contribution in [0.1, 0.15) is 25.3 Å². The predicted octanol–water partition coefficient (Wildman–Crippen LogP) is 3.35. The number of halogens is 1. The fraction of sp³-hybridized carbons (Fsp3) is 0.353. The maximum Gasteiger partial charge on any atom is 0.222 e. The molecular formula is C17H23ClN2O. The summed E-state index contributed by atoms with van der Waals surface area (Å²) in [5.41, 5.74) is 6.88. The van der Waals surface area contributed by atoms with Crippen molar-refractivity contribution >= 4 is 29.1 Å². The molecule has 0 fully saturated rings. The number of carbonyl (C=O) groups is 1. The SMILES string of the molecule is CC(N)CCC(=O)N(C)Cc1cccc2ccccc12.Cl. The van der Waals surface area contributed by atoms with Crippen LogP contribution >= 0.6 is 12.4 Å². The zero-order chi connectivity index (χ0) is 14.5. The number of rotatable bonds is 5. The number of fused-ring (bicyclic) bond motifs is 1. The molecule has 0 spiro atoms. The monoisotopic (exact) mass is 306 g/mol. The summed E-state index contributed by atoms with van der Waals surface area (Å²) in [7, 11) is 1.85. The first-order valence-corrected chi connectivity index (χ1v) is 7.04. The van der Waals surface area contributed by atoms with E-state index < -0.39 is 0 Å². The Labute approximate surface area is 132 Å². The molecule has 2 aromatic carbocycles. The van der Waals surface area contributed by atoms with Crippen LogP contribution in [0.4, 0.5) is 0 Å². The summed E-state index contributed by atoms with van der Waals surface area (Å²) in [6, 6.07) is 14.5. The van der Waals surface area contributed by atoms with Gasteiger partial charge in [-0.2, -0.15) is 0 Å². The van der Waals surface area contributed by atoms with E-state index in [2.05, 4.69) is 24.3 Å². The number of hydrogen-bond acceptors (Lipinski definition) is 2. The van der Waals surface area contributed by atoms with E-state index in [9.17, 15) is 4.79 Å². The van der Waals surface area contributed by atoms with E-state index in [4.69, 9.17) is 5.73 Å². The Morgan fingerprint density at radius 2 is 1.86 bits per heavy atom. The molecule has 1 unspecified atom stereocenters. The Bertz CT molecular complexity index is 593. The minimum Gasteiger partial charge on any atom is -0.341 e. The van der Waals surface area contributed by atoms with Gasteiger partial charge in [-0.15, -0.1) is 12.4 Å². The second-order valence-corrected chi connectivity index (χ2v) is 5.40. The van der Waals surface area contributed by atoms with Gasteiger partial charge in [0, 0.05) is 26.1 Å². The third-order valence-corrected chi connectivity index (χ3v) is 3.53. The fourth-order valence-electron chi connectivity index (χ4n) is 2.32. The standard InChI is InChI=1S/C17H22N2O.ClH/c1-13(18)10-11-17(20)19(2)12-15-8-5-7-14-6-3-4-9-16(14)15;/h3-9,13H,10-12,18H2,1-2H3;1H. The molecule has 0 aliphatic carbocycles. The Hall–Kier alpha value is -1.58. The second-order valence-electron chi connectivity index (χ2n) is 5.40. The molecule has 0 bridgehead atoms. The van der Waals surface area contributed by atoms with Gasteiger partial charge in [0.15, 0.2) is 0 Å². The zero-order valence-electron chi connectivity index (χ0n) is 12.6. The number of carbonyl (C=O) groups excluding carboxylic acids is 1. The molecule has 2 N–H and O–H groups in total. The lowest BCUT2D eigenvalue weighted by atomic mass is 10.0. The smallest absolute Gasteiger partial charge is 0.222 e. The molecule has 2 aromatic rings. The summed E-state index contributed by atoms with van der Waals surface area (Å²) in [5.74, 6) is 0.148. The van der Waals surface area contributed by atoms with E-state index in [1.165, 1.54) is 16.3 Å². The number of hydrogen-bond donors (Lipinski definition) is 1. The predicted molar refractivity (Wildman–Crippen MR) is 90.6 cm³/mol. The Balaban J connectivity index is 0.00000220. The second kappa shape index (κ2) is 8.01. The molecule has 0 aliphatic heterocycles. The van der Waals surface area contributed by atoms with E-state index in [1.54, 1.807) is 4.90 Å². The highest BCUT2D eigenvalue weighted by Crippen LogP contribution is 2.19. The molecule has 0 aliphatic rings. The van der Waals surface area contributed by atoms with Crippen LogP contribution < -0.4 is 5.73 Å². The molecule has 3 nitrogen and oxygen atoms in total. The van der Waals surface area contributed by atoms with Crippen LogP contribution in [-0.2, 0) is 11.3 Å². The third kappa shape index (κ3) is 4.73. The third-order valence-electron chi connectivity index (χ3n) is 3.53. The van der Waals surface area contributed by atoms with Gasteiger partial charge in [0.2, 0.25) is 5.91 Å². The van der Waals surface area contributed by atoms with Gasteiger partial charge >= 0.3 is 0 Å². The van der Waals surface area contributed by atoms with Gasteiger partial charge in [-0.25, -0.2) is 0 Å². The van der Waals surface area contributed by atoms with Crippen molar-refractivity contribution in [1.29, 1.82) is 0 Å². The lowest BCUT2D eigenvalue weighted by Gasteiger charge is -2.19. The summed E-state index contributed by atoms with van der Waals surface area (Å²) in [4.78, 5) is 13.8. The topological polar surface area (TPSA) is 46.3 Å². The van der Waals surface area contributed by atoms with Crippen LogP contribution in [0.5, 0.6) is 0 Å². The first-order chi connectivity index (χ1) is 9.58. The van der Waals surface area contributed by atoms with Gasteiger partial charge in [0.25, 0.3) is 0 Å². The highest BCUT2D eigenvalue weighted by molar-refractivity contribution is 5.86. The molecule has 1 amide bonds. The molecule has 4 heteroatoms. The van der Waals surface area contributed by atoms with Crippen molar-refractivity contribution in [3.8, 4) is 0 Å². The van der Waals surface area contributed by atoms with E-state index in [1.807, 2.05) is 32.2 Å². The van der Waals surface area contributed by atoms with Crippen LogP contribution in [0, 0.1) is 0 Å². The molecule has 21 heavy (non-hydrogen) atoms. The van der Waals surface area contributed by atoms with E-state index in [0.717, 1.165) is 6.42 Å². The van der Waals surface area contributed by atoms with E-state index in [-0.39, 0.29) is 24.4 Å². The average molecular weight is 307 g/mol. The van der Waals surface area contributed by atoms with Crippen LogP contribution in [0.15, 0.2) is 42.5 Å². The molecular weight excluding hydrogens is 284 g/mol. The lowest BCUT2D eigenvalue weighted by molar-refractivity contribution is -0.130. The Kier molecular flexibility index (Phi) is 6.66. The average Bonchev–Trinajstić information content (AvgIpc) is 2.45. The van der Waals surface area contributed by atoms with Gasteiger partial charge in [0.1, 0.15) is 0 Å². The van der Waals surface area contributed by atoms with Crippen molar-refractivity contribution in [3.63, 3.8) is 0 Å². The van der Waals surface area contributed by atoms with Gasteiger partial charge in [-0.05, 0) is 29.7 Å². The largest absolute Gasteiger partial charge is 0.341 e. The Morgan fingerprint density at radius 1 is 1.19 bits per heavy atom. The first-order valence-electron chi connectivity index (χ1n) is 7.04. The number of benzene rings is 2. The lowest BCUT2D eigenvalue weighted by Crippen LogP contribution is -2.28. The van der Waals surface area contributed by atoms with Crippen molar-refractivity contribution in [2.75, 3.05) is 7.05 Å². The highest BCUT2D eigenvalue weighted by atomic mass is 35.5. The van der Waals surface area contributed by atoms with E-state index in [0.29, 0.717) is 13.0 Å². The van der Waals surface area contributed by atoms with Gasteiger partial charge < -0.3 is 10.6 Å². The summed E-state index contributed by atoms with van der Waals surface area (Å²) >= 11 is 0. The molecule has 1 atom stereocenters. The molecule has 0 saturated carbocycles. The summed E-state index contributed by atoms with van der Waals surface area (Å²) in [6.45, 7) is 2.57. The molecule has 2 rings (SSSR count). The summed E-state index contributed by atoms with van der Waals surface area (Å²) in [5, 5.41) is 2.42. The molecule has 0 aromatic heterocycles. The minimum absolute atomic E-state index is 0. The first kappa shape index (κ1) is 17.5. The zero-order valence-corrected chi connectivity index (χ0v) is 13.4. The van der Waals surface area contributed by atoms with Crippen molar-refractivity contribution in [2.45, 2.75) is 32.4 Å². The van der Waals surface area contributed by atoms with Gasteiger partial charge in [-0.1, -0.05) is 42.5 Å². The van der Waals surface area contributed by atoms with Crippen LogP contribution in [-0.4, -0.2) is 23.9 Å². The number of nitrogens with two attached hydrogens (primary N) is 1. The summed E-state index contributed by atoms with van der Waals surface area (Å²) < 4.78 is 0. The van der Waals surface area contributed by atoms with Crippen LogP contribution in [0.2, 0.25) is 0 Å². The van der Waals surface area contributed by atoms with Crippen molar-refractivity contribution in [3.05, 3.63) is 48.0 Å². The molecule has 0 heterocycles. The van der Waals surface area contributed by atoms with Crippen molar-refractivity contribution in [1.82, 2.24) is 4.90 Å². The molecule has 0 saturated heterocycles. The van der Waals surface area contributed by atoms with Gasteiger partial charge in [0.05, 0.1) is 0 Å². The normalized spacial score (nSPS) is 11.8. The molecule has 0 radical (unpaired) electrons. The maximum absolute atomic E-state index is 12.1. The quantitative estimate of drug-likeness (QED) is 0.921. The van der Waals surface area contributed by atoms with E-state index >= 15 is 0 Å². The van der Waals surface area contributed by atoms with Crippen LogP contribution in [0.25, 0.3) is 10.8 Å². The Morgan fingerprint density at radius 3 is 2.57 bits per heavy atom. The van der Waals surface area contributed by atoms with Gasteiger partial charge in [-0.3, -0.25) is 4.79 Å². The fourth-order valence-corrected chi connectivity index (χ4v) is 2.32. The number of nitrogens with zero attached hydrogens (tertiary/aromatic N) is 1. The van der Waals surface area contributed by atoms with Crippen LogP contribution in [0.3, 0.4) is 0 Å². The minimum atomic E-state index is 0. The van der Waals surface area contributed by atoms with Crippen molar-refractivity contribution < 1.29 is 4.79 Å². The van der Waals surface area contributed by atoms with Crippen molar-refractivity contribution in [2.24, 2.45) is 5.73 Å². The molecule has 114 valence electrons. The maximum atomic E-state index is 12.1. The summed E-state index contributed by atoms with van der Waals surface area (Å²) in [6.07, 6.45) is 1.25. The highest BCUT2D eigenvalue weighted by Gasteiger charge is 2.11. The number of amides is 1.